The number of aliphatic hydroxyl groups is 1. The maximum Gasteiger partial charge on any atom is 0.145 e. The van der Waals surface area contributed by atoms with E-state index in [4.69, 9.17) is 22.4 Å². The fourth-order valence-electron chi connectivity index (χ4n) is 1.17. The zero-order chi connectivity index (χ0) is 10.0. The first-order valence-electron chi connectivity index (χ1n) is 3.89. The van der Waals surface area contributed by atoms with E-state index in [2.05, 4.69) is 0 Å². The third kappa shape index (κ3) is 1.99. The topological polar surface area (TPSA) is 46.2 Å². The molecule has 0 fully saturated rings. The lowest BCUT2D eigenvalue weighted by atomic mass is 10.0. The summed E-state index contributed by atoms with van der Waals surface area (Å²) in [4.78, 5) is 0. The zero-order valence-electron chi connectivity index (χ0n) is 7.22. The van der Waals surface area contributed by atoms with Gasteiger partial charge in [0.15, 0.2) is 0 Å². The Morgan fingerprint density at radius 3 is 2.77 bits per heavy atom. The van der Waals surface area contributed by atoms with E-state index in [1.165, 1.54) is 6.07 Å². The Bertz CT molecular complexity index is 317. The molecule has 0 aliphatic heterocycles. The molecular weight excluding hydrogens is 193 g/mol. The number of nitrogens with two attached hydrogens (primary N) is 1. The summed E-state index contributed by atoms with van der Waals surface area (Å²) in [6.07, 6.45) is 0. The molecule has 1 unspecified atom stereocenters. The van der Waals surface area contributed by atoms with Crippen molar-refractivity contribution >= 4 is 11.6 Å². The molecule has 1 aromatic carbocycles. The van der Waals surface area contributed by atoms with Gasteiger partial charge in [0.05, 0.1) is 17.7 Å². The molecule has 0 radical (unpaired) electrons. The van der Waals surface area contributed by atoms with E-state index in [0.29, 0.717) is 11.1 Å². The molecule has 0 spiro atoms. The van der Waals surface area contributed by atoms with Gasteiger partial charge in [-0.05, 0) is 24.1 Å². The Morgan fingerprint density at radius 1 is 1.62 bits per heavy atom. The van der Waals surface area contributed by atoms with Crippen LogP contribution in [0, 0.1) is 12.7 Å². The molecule has 0 bridgehead atoms. The Hall–Kier alpha value is -0.640. The zero-order valence-corrected chi connectivity index (χ0v) is 7.98. The van der Waals surface area contributed by atoms with E-state index >= 15 is 0 Å². The Balaban J connectivity index is 3.18. The van der Waals surface area contributed by atoms with Gasteiger partial charge in [-0.15, -0.1) is 0 Å². The summed E-state index contributed by atoms with van der Waals surface area (Å²) in [6.45, 7) is 1.38. The van der Waals surface area contributed by atoms with Crippen LogP contribution in [0.2, 0.25) is 5.02 Å². The van der Waals surface area contributed by atoms with Gasteiger partial charge in [0.1, 0.15) is 5.82 Å². The molecule has 13 heavy (non-hydrogen) atoms. The normalized spacial score (nSPS) is 13.0. The number of benzene rings is 1. The van der Waals surface area contributed by atoms with E-state index in [0.717, 1.165) is 0 Å². The smallest absolute Gasteiger partial charge is 0.145 e. The van der Waals surface area contributed by atoms with E-state index in [-0.39, 0.29) is 11.6 Å². The molecule has 1 atom stereocenters. The molecule has 0 heterocycles. The van der Waals surface area contributed by atoms with Crippen LogP contribution in [-0.4, -0.2) is 11.7 Å². The molecule has 1 rings (SSSR count). The molecule has 0 aromatic heterocycles. The van der Waals surface area contributed by atoms with Crippen LogP contribution in [0.25, 0.3) is 0 Å². The molecular formula is C9H11ClFNO. The highest BCUT2D eigenvalue weighted by molar-refractivity contribution is 6.30. The van der Waals surface area contributed by atoms with Crippen molar-refractivity contribution in [3.63, 3.8) is 0 Å². The minimum absolute atomic E-state index is 0.0754. The van der Waals surface area contributed by atoms with Crippen molar-refractivity contribution < 1.29 is 9.50 Å². The first-order valence-corrected chi connectivity index (χ1v) is 4.26. The van der Waals surface area contributed by atoms with Crippen molar-refractivity contribution in [2.75, 3.05) is 6.61 Å². The summed E-state index contributed by atoms with van der Waals surface area (Å²) in [6, 6.07) is 2.52. The van der Waals surface area contributed by atoms with Gasteiger partial charge in [0.25, 0.3) is 0 Å². The van der Waals surface area contributed by atoms with Crippen molar-refractivity contribution in [2.24, 2.45) is 5.73 Å². The van der Waals surface area contributed by atoms with Gasteiger partial charge in [0.2, 0.25) is 0 Å². The predicted molar refractivity (Wildman–Crippen MR) is 50.2 cm³/mol. The molecule has 0 amide bonds. The number of hydrogen-bond donors (Lipinski definition) is 2. The van der Waals surface area contributed by atoms with Gasteiger partial charge in [0, 0.05) is 0 Å². The molecule has 2 nitrogen and oxygen atoms in total. The van der Waals surface area contributed by atoms with Crippen molar-refractivity contribution in [3.05, 3.63) is 34.1 Å². The number of rotatable bonds is 2. The quantitative estimate of drug-likeness (QED) is 0.770. The fraction of sp³-hybridized carbons (Fsp3) is 0.333. The maximum absolute atomic E-state index is 13.2. The monoisotopic (exact) mass is 203 g/mol. The average Bonchev–Trinajstić information content (AvgIpc) is 2.13. The van der Waals surface area contributed by atoms with E-state index in [9.17, 15) is 4.39 Å². The second-order valence-electron chi connectivity index (χ2n) is 2.86. The molecule has 1 aromatic rings. The number of halogens is 2. The highest BCUT2D eigenvalue weighted by Crippen LogP contribution is 2.24. The van der Waals surface area contributed by atoms with Gasteiger partial charge in [-0.3, -0.25) is 0 Å². The predicted octanol–water partition coefficient (Wildman–Crippen LogP) is 1.78. The summed E-state index contributed by atoms with van der Waals surface area (Å²) in [5.41, 5.74) is 6.54. The second kappa shape index (κ2) is 4.05. The summed E-state index contributed by atoms with van der Waals surface area (Å²) in [5.74, 6) is -0.469. The van der Waals surface area contributed by atoms with Crippen molar-refractivity contribution in [2.45, 2.75) is 13.0 Å². The molecule has 0 saturated carbocycles. The largest absolute Gasteiger partial charge is 0.394 e. The Labute approximate surface area is 81.1 Å². The van der Waals surface area contributed by atoms with Crippen LogP contribution in [-0.2, 0) is 0 Å². The van der Waals surface area contributed by atoms with Gasteiger partial charge in [-0.2, -0.15) is 0 Å². The van der Waals surface area contributed by atoms with Gasteiger partial charge in [-0.1, -0.05) is 17.7 Å². The number of aliphatic hydroxyl groups excluding tert-OH is 1. The van der Waals surface area contributed by atoms with Crippen LogP contribution < -0.4 is 5.73 Å². The first kappa shape index (κ1) is 10.4. The SMILES string of the molecule is Cc1c(C(N)CO)ccc(Cl)c1F. The van der Waals surface area contributed by atoms with Crippen LogP contribution >= 0.6 is 11.6 Å². The van der Waals surface area contributed by atoms with Gasteiger partial charge >= 0.3 is 0 Å². The van der Waals surface area contributed by atoms with Crippen molar-refractivity contribution in [1.29, 1.82) is 0 Å². The van der Waals surface area contributed by atoms with Crippen LogP contribution in [0.5, 0.6) is 0 Å². The summed E-state index contributed by atoms with van der Waals surface area (Å²) < 4.78 is 13.2. The lowest BCUT2D eigenvalue weighted by molar-refractivity contribution is 0.267. The summed E-state index contributed by atoms with van der Waals surface area (Å²) in [5, 5.41) is 8.87. The Morgan fingerprint density at radius 2 is 2.23 bits per heavy atom. The third-order valence-corrected chi connectivity index (χ3v) is 2.27. The standard InChI is InChI=1S/C9H11ClFNO/c1-5-6(8(12)4-13)2-3-7(10)9(5)11/h2-3,8,13H,4,12H2,1H3. The molecule has 0 saturated heterocycles. The van der Waals surface area contributed by atoms with Crippen molar-refractivity contribution in [3.8, 4) is 0 Å². The van der Waals surface area contributed by atoms with Gasteiger partial charge < -0.3 is 10.8 Å². The summed E-state index contributed by atoms with van der Waals surface area (Å²) in [7, 11) is 0. The minimum atomic E-state index is -0.549. The second-order valence-corrected chi connectivity index (χ2v) is 3.27. The minimum Gasteiger partial charge on any atom is -0.394 e. The van der Waals surface area contributed by atoms with Gasteiger partial charge in [-0.25, -0.2) is 4.39 Å². The van der Waals surface area contributed by atoms with Crippen LogP contribution in [0.4, 0.5) is 4.39 Å². The summed E-state index contributed by atoms with van der Waals surface area (Å²) >= 11 is 5.56. The van der Waals surface area contributed by atoms with Crippen LogP contribution in [0.1, 0.15) is 17.2 Å². The number of hydrogen-bond acceptors (Lipinski definition) is 2. The molecule has 72 valence electrons. The maximum atomic E-state index is 13.2. The molecule has 3 N–H and O–H groups in total. The molecule has 0 aliphatic carbocycles. The average molecular weight is 204 g/mol. The van der Waals surface area contributed by atoms with Crippen LogP contribution in [0.15, 0.2) is 12.1 Å². The van der Waals surface area contributed by atoms with Crippen LogP contribution in [0.3, 0.4) is 0 Å². The Kier molecular flexibility index (Phi) is 3.25. The third-order valence-electron chi connectivity index (χ3n) is 1.98. The molecule has 0 aliphatic rings. The highest BCUT2D eigenvalue weighted by Gasteiger charge is 2.12. The van der Waals surface area contributed by atoms with E-state index < -0.39 is 11.9 Å². The first-order chi connectivity index (χ1) is 6.07. The van der Waals surface area contributed by atoms with Crippen molar-refractivity contribution in [1.82, 2.24) is 0 Å². The molecule has 4 heteroatoms. The lowest BCUT2D eigenvalue weighted by Gasteiger charge is -2.12. The fourth-order valence-corrected chi connectivity index (χ4v) is 1.37. The van der Waals surface area contributed by atoms with E-state index in [1.807, 2.05) is 0 Å². The lowest BCUT2D eigenvalue weighted by Crippen LogP contribution is -2.16. The van der Waals surface area contributed by atoms with E-state index in [1.54, 1.807) is 13.0 Å². The highest BCUT2D eigenvalue weighted by atomic mass is 35.5.